The lowest BCUT2D eigenvalue weighted by Gasteiger charge is -2.25. The summed E-state index contributed by atoms with van der Waals surface area (Å²) in [5, 5.41) is 9.22. The topological polar surface area (TPSA) is 49.8 Å². The summed E-state index contributed by atoms with van der Waals surface area (Å²) in [4.78, 5) is 13.0. The average Bonchev–Trinajstić information content (AvgIpc) is 2.40. The molecule has 0 aliphatic carbocycles. The zero-order valence-corrected chi connectivity index (χ0v) is 8.95. The number of hydrogen-bond donors (Lipinski definition) is 1. The van der Waals surface area contributed by atoms with Gasteiger partial charge >= 0.3 is 6.09 Å². The van der Waals surface area contributed by atoms with Gasteiger partial charge in [-0.05, 0) is 24.7 Å². The quantitative estimate of drug-likeness (QED) is 0.694. The first-order valence-electron chi connectivity index (χ1n) is 5.05. The lowest BCUT2D eigenvalue weighted by atomic mass is 9.84. The van der Waals surface area contributed by atoms with Gasteiger partial charge in [0, 0.05) is 19.7 Å². The number of aliphatic hydroxyl groups is 1. The molecule has 1 rings (SSSR count). The monoisotopic (exact) mass is 201 g/mol. The smallest absolute Gasteiger partial charge is 0.409 e. The van der Waals surface area contributed by atoms with E-state index >= 15 is 0 Å². The average molecular weight is 201 g/mol. The van der Waals surface area contributed by atoms with Crippen LogP contribution >= 0.6 is 0 Å². The number of carbonyl (C=O) groups is 1. The molecule has 1 aliphatic heterocycles. The molecule has 4 nitrogen and oxygen atoms in total. The van der Waals surface area contributed by atoms with Gasteiger partial charge in [-0.15, -0.1) is 0 Å². The van der Waals surface area contributed by atoms with Crippen molar-refractivity contribution in [3.05, 3.63) is 0 Å². The van der Waals surface area contributed by atoms with Gasteiger partial charge in [-0.3, -0.25) is 0 Å². The number of methoxy groups -OCH3 is 1. The molecule has 1 aliphatic rings. The minimum Gasteiger partial charge on any atom is -0.453 e. The summed E-state index contributed by atoms with van der Waals surface area (Å²) in [6, 6.07) is 0. The van der Waals surface area contributed by atoms with E-state index in [1.165, 1.54) is 7.11 Å². The number of likely N-dealkylation sites (tertiary alicyclic amines) is 1. The summed E-state index contributed by atoms with van der Waals surface area (Å²) >= 11 is 0. The minimum atomic E-state index is -0.257. The third-order valence-electron chi connectivity index (χ3n) is 3.01. The minimum absolute atomic E-state index is 0.0250. The van der Waals surface area contributed by atoms with Crippen LogP contribution in [0.5, 0.6) is 0 Å². The van der Waals surface area contributed by atoms with Crippen molar-refractivity contribution >= 4 is 6.09 Å². The predicted molar refractivity (Wildman–Crippen MR) is 53.0 cm³/mol. The summed E-state index contributed by atoms with van der Waals surface area (Å²) in [5.74, 6) is 0. The number of amides is 1. The summed E-state index contributed by atoms with van der Waals surface area (Å²) in [6.07, 6.45) is 2.49. The van der Waals surface area contributed by atoms with Gasteiger partial charge in [0.15, 0.2) is 0 Å². The fourth-order valence-corrected chi connectivity index (χ4v) is 1.81. The van der Waals surface area contributed by atoms with Crippen LogP contribution in [0.3, 0.4) is 0 Å². The van der Waals surface area contributed by atoms with Gasteiger partial charge in [0.25, 0.3) is 0 Å². The molecular formula is C10H19NO3. The molecule has 1 fully saturated rings. The number of carbonyl (C=O) groups excluding carboxylic acids is 1. The highest BCUT2D eigenvalue weighted by molar-refractivity contribution is 5.67. The second-order valence-corrected chi connectivity index (χ2v) is 4.28. The van der Waals surface area contributed by atoms with Crippen LogP contribution in [-0.2, 0) is 4.74 Å². The highest BCUT2D eigenvalue weighted by Gasteiger charge is 2.28. The van der Waals surface area contributed by atoms with Crippen LogP contribution in [0.25, 0.3) is 0 Å². The van der Waals surface area contributed by atoms with Crippen LogP contribution in [0.1, 0.15) is 26.2 Å². The number of ether oxygens (including phenoxy) is 1. The molecule has 1 atom stereocenters. The lowest BCUT2D eigenvalue weighted by molar-refractivity contribution is 0.112. The van der Waals surface area contributed by atoms with Crippen molar-refractivity contribution in [1.82, 2.24) is 4.90 Å². The van der Waals surface area contributed by atoms with Crippen LogP contribution in [-0.4, -0.2) is 42.9 Å². The van der Waals surface area contributed by atoms with Crippen molar-refractivity contribution in [2.45, 2.75) is 26.2 Å². The molecule has 1 saturated heterocycles. The van der Waals surface area contributed by atoms with Crippen LogP contribution in [0.4, 0.5) is 4.79 Å². The molecule has 1 heterocycles. The third kappa shape index (κ3) is 2.61. The Kier molecular flexibility index (Phi) is 3.75. The maximum Gasteiger partial charge on any atom is 0.409 e. The maximum atomic E-state index is 11.3. The maximum absolute atomic E-state index is 11.3. The Morgan fingerprint density at radius 1 is 1.50 bits per heavy atom. The molecule has 0 aromatic heterocycles. The number of hydrogen-bond acceptors (Lipinski definition) is 3. The largest absolute Gasteiger partial charge is 0.453 e. The van der Waals surface area contributed by atoms with Gasteiger partial charge in [0.2, 0.25) is 0 Å². The van der Waals surface area contributed by atoms with E-state index in [2.05, 4.69) is 11.7 Å². The Morgan fingerprint density at radius 2 is 2.21 bits per heavy atom. The van der Waals surface area contributed by atoms with E-state index in [1.807, 2.05) is 0 Å². The molecular weight excluding hydrogens is 182 g/mol. The first-order chi connectivity index (χ1) is 6.61. The number of nitrogens with zero attached hydrogens (tertiary/aromatic N) is 1. The first-order valence-corrected chi connectivity index (χ1v) is 5.05. The molecule has 0 bridgehead atoms. The Hall–Kier alpha value is -0.770. The Labute approximate surface area is 84.8 Å². The lowest BCUT2D eigenvalue weighted by Crippen LogP contribution is -2.32. The second-order valence-electron chi connectivity index (χ2n) is 4.28. The Bertz CT molecular complexity index is 208. The molecule has 82 valence electrons. The van der Waals surface area contributed by atoms with Crippen molar-refractivity contribution in [2.75, 3.05) is 26.8 Å². The van der Waals surface area contributed by atoms with Crippen molar-refractivity contribution in [3.8, 4) is 0 Å². The van der Waals surface area contributed by atoms with E-state index in [0.29, 0.717) is 6.54 Å². The van der Waals surface area contributed by atoms with Crippen molar-refractivity contribution in [1.29, 1.82) is 0 Å². The van der Waals surface area contributed by atoms with Gasteiger partial charge in [-0.2, -0.15) is 0 Å². The summed E-state index contributed by atoms with van der Waals surface area (Å²) in [5.41, 5.74) is -0.0250. The summed E-state index contributed by atoms with van der Waals surface area (Å²) in [7, 11) is 1.40. The molecule has 0 spiro atoms. The Balaban J connectivity index is 2.52. The van der Waals surface area contributed by atoms with E-state index in [1.54, 1.807) is 4.90 Å². The van der Waals surface area contributed by atoms with E-state index in [0.717, 1.165) is 25.8 Å². The number of rotatable bonds is 1. The third-order valence-corrected chi connectivity index (χ3v) is 3.01. The van der Waals surface area contributed by atoms with E-state index in [4.69, 9.17) is 0 Å². The van der Waals surface area contributed by atoms with E-state index < -0.39 is 0 Å². The zero-order chi connectivity index (χ0) is 10.6. The van der Waals surface area contributed by atoms with Crippen LogP contribution in [0.15, 0.2) is 0 Å². The van der Waals surface area contributed by atoms with Crippen molar-refractivity contribution < 1.29 is 14.6 Å². The highest BCUT2D eigenvalue weighted by Crippen LogP contribution is 2.30. The second kappa shape index (κ2) is 4.64. The fraction of sp³-hybridized carbons (Fsp3) is 0.900. The van der Waals surface area contributed by atoms with Crippen LogP contribution < -0.4 is 0 Å². The number of aliphatic hydroxyl groups excluding tert-OH is 1. The van der Waals surface area contributed by atoms with Crippen molar-refractivity contribution in [3.63, 3.8) is 0 Å². The SMILES string of the molecule is COC(=O)N1CCCC(C)(CO)CC1. The van der Waals surface area contributed by atoms with Crippen LogP contribution in [0.2, 0.25) is 0 Å². The molecule has 4 heteroatoms. The van der Waals surface area contributed by atoms with Crippen molar-refractivity contribution in [2.24, 2.45) is 5.41 Å². The van der Waals surface area contributed by atoms with Gasteiger partial charge in [0.1, 0.15) is 0 Å². The predicted octanol–water partition coefficient (Wildman–Crippen LogP) is 1.24. The molecule has 0 saturated carbocycles. The fourth-order valence-electron chi connectivity index (χ4n) is 1.81. The molecule has 0 radical (unpaired) electrons. The normalized spacial score (nSPS) is 28.4. The summed E-state index contributed by atoms with van der Waals surface area (Å²) < 4.78 is 4.67. The van der Waals surface area contributed by atoms with Crippen LogP contribution in [0, 0.1) is 5.41 Å². The molecule has 1 amide bonds. The zero-order valence-electron chi connectivity index (χ0n) is 8.95. The highest BCUT2D eigenvalue weighted by atomic mass is 16.5. The molecule has 1 N–H and O–H groups in total. The summed E-state index contributed by atoms with van der Waals surface area (Å²) in [6.45, 7) is 3.68. The van der Waals surface area contributed by atoms with Gasteiger partial charge < -0.3 is 14.7 Å². The van der Waals surface area contributed by atoms with E-state index in [9.17, 15) is 9.90 Å². The molecule has 0 aromatic rings. The van der Waals surface area contributed by atoms with Gasteiger partial charge in [-0.25, -0.2) is 4.79 Å². The van der Waals surface area contributed by atoms with E-state index in [-0.39, 0.29) is 18.1 Å². The molecule has 0 aromatic carbocycles. The Morgan fingerprint density at radius 3 is 2.79 bits per heavy atom. The first kappa shape index (κ1) is 11.3. The molecule has 14 heavy (non-hydrogen) atoms. The molecule has 1 unspecified atom stereocenters. The van der Waals surface area contributed by atoms with Gasteiger partial charge in [0.05, 0.1) is 7.11 Å². The van der Waals surface area contributed by atoms with Gasteiger partial charge in [-0.1, -0.05) is 6.92 Å². The standard InChI is InChI=1S/C10H19NO3/c1-10(8-12)4-3-6-11(7-5-10)9(13)14-2/h12H,3-8H2,1-2H3.